The maximum atomic E-state index is 13.0. The standard InChI is InChI=1S/C26H31ClN4O4S/c1-33-23-14-18-13-19(25(32)29-22(18)16-24(23)34-2)17-31(8-4-7-30-9-11-35-12-10-30)26(36)28-21-6-3-5-20(27)15-21/h3,5-6,13-16H,4,7-12,17H2,1-2H3,(H,28,36)(H,29,32). The average molecular weight is 531 g/mol. The molecule has 2 aromatic carbocycles. The maximum Gasteiger partial charge on any atom is 0.253 e. The van der Waals surface area contributed by atoms with Crippen molar-refractivity contribution in [2.75, 3.05) is 58.9 Å². The van der Waals surface area contributed by atoms with Crippen LogP contribution >= 0.6 is 23.8 Å². The Hall–Kier alpha value is -2.85. The van der Waals surface area contributed by atoms with Gasteiger partial charge in [-0.1, -0.05) is 17.7 Å². The summed E-state index contributed by atoms with van der Waals surface area (Å²) < 4.78 is 16.3. The van der Waals surface area contributed by atoms with Gasteiger partial charge in [0.25, 0.3) is 5.56 Å². The highest BCUT2D eigenvalue weighted by atomic mass is 35.5. The molecule has 0 unspecified atom stereocenters. The van der Waals surface area contributed by atoms with Gasteiger partial charge in [0.1, 0.15) is 0 Å². The van der Waals surface area contributed by atoms with Gasteiger partial charge in [-0.05, 0) is 49.0 Å². The van der Waals surface area contributed by atoms with E-state index in [0.29, 0.717) is 45.8 Å². The Labute approximate surface area is 221 Å². The molecule has 36 heavy (non-hydrogen) atoms. The second-order valence-electron chi connectivity index (χ2n) is 8.59. The summed E-state index contributed by atoms with van der Waals surface area (Å²) in [5.41, 5.74) is 1.92. The molecule has 2 heterocycles. The second-order valence-corrected chi connectivity index (χ2v) is 9.41. The van der Waals surface area contributed by atoms with Crippen LogP contribution in [0.3, 0.4) is 0 Å². The monoisotopic (exact) mass is 530 g/mol. The van der Waals surface area contributed by atoms with Crippen molar-refractivity contribution in [2.24, 2.45) is 0 Å². The van der Waals surface area contributed by atoms with Gasteiger partial charge in [-0.2, -0.15) is 0 Å². The van der Waals surface area contributed by atoms with E-state index in [1.165, 1.54) is 0 Å². The SMILES string of the molecule is COc1cc2cc(CN(CCCN3CCOCC3)C(=S)Nc3cccc(Cl)c3)c(=O)[nH]c2cc1OC. The molecule has 8 nitrogen and oxygen atoms in total. The van der Waals surface area contributed by atoms with Crippen molar-refractivity contribution in [3.05, 3.63) is 63.4 Å². The first-order chi connectivity index (χ1) is 17.5. The Bertz CT molecular complexity index is 1260. The number of aromatic nitrogens is 1. The third kappa shape index (κ3) is 6.67. The summed E-state index contributed by atoms with van der Waals surface area (Å²) in [6.45, 7) is 5.37. The minimum absolute atomic E-state index is 0.168. The van der Waals surface area contributed by atoms with Gasteiger partial charge in [0, 0.05) is 53.9 Å². The number of anilines is 1. The molecule has 3 aromatic rings. The Balaban J connectivity index is 1.56. The van der Waals surface area contributed by atoms with Crippen LogP contribution in [-0.2, 0) is 11.3 Å². The lowest BCUT2D eigenvalue weighted by Crippen LogP contribution is -2.40. The molecule has 1 aliphatic rings. The minimum atomic E-state index is -0.168. The van der Waals surface area contributed by atoms with Crippen LogP contribution in [0.25, 0.3) is 10.9 Å². The fourth-order valence-corrected chi connectivity index (χ4v) is 4.70. The number of ether oxygens (including phenoxy) is 3. The Morgan fingerprint density at radius 1 is 1.17 bits per heavy atom. The average Bonchev–Trinajstić information content (AvgIpc) is 2.88. The molecule has 1 aliphatic heterocycles. The summed E-state index contributed by atoms with van der Waals surface area (Å²) in [6, 6.07) is 12.9. The largest absolute Gasteiger partial charge is 0.493 e. The Morgan fingerprint density at radius 3 is 2.64 bits per heavy atom. The normalized spacial score (nSPS) is 14.0. The lowest BCUT2D eigenvalue weighted by Gasteiger charge is -2.29. The van der Waals surface area contributed by atoms with Gasteiger partial charge in [0.05, 0.1) is 39.5 Å². The van der Waals surface area contributed by atoms with Crippen LogP contribution in [0.4, 0.5) is 5.69 Å². The van der Waals surface area contributed by atoms with E-state index in [-0.39, 0.29) is 5.56 Å². The molecule has 2 N–H and O–H groups in total. The molecule has 0 saturated carbocycles. The number of pyridine rings is 1. The molecule has 0 aliphatic carbocycles. The Kier molecular flexibility index (Phi) is 9.03. The second kappa shape index (κ2) is 12.4. The molecule has 1 saturated heterocycles. The van der Waals surface area contributed by atoms with Crippen molar-refractivity contribution >= 4 is 45.5 Å². The van der Waals surface area contributed by atoms with E-state index in [2.05, 4.69) is 15.2 Å². The van der Waals surface area contributed by atoms with E-state index in [9.17, 15) is 4.79 Å². The lowest BCUT2D eigenvalue weighted by atomic mass is 10.1. The highest BCUT2D eigenvalue weighted by molar-refractivity contribution is 7.80. The van der Waals surface area contributed by atoms with Crippen molar-refractivity contribution in [1.29, 1.82) is 0 Å². The molecule has 0 spiro atoms. The van der Waals surface area contributed by atoms with E-state index in [1.54, 1.807) is 20.3 Å². The molecular weight excluding hydrogens is 500 g/mol. The predicted molar refractivity (Wildman–Crippen MR) is 148 cm³/mol. The number of morpholine rings is 1. The molecule has 4 rings (SSSR count). The Morgan fingerprint density at radius 2 is 1.92 bits per heavy atom. The van der Waals surface area contributed by atoms with Gasteiger partial charge in [0.2, 0.25) is 0 Å². The summed E-state index contributed by atoms with van der Waals surface area (Å²) in [4.78, 5) is 20.4. The number of H-pyrrole nitrogens is 1. The van der Waals surface area contributed by atoms with E-state index in [1.807, 2.05) is 41.3 Å². The number of nitrogens with zero attached hydrogens (tertiary/aromatic N) is 2. The van der Waals surface area contributed by atoms with Crippen molar-refractivity contribution in [3.63, 3.8) is 0 Å². The fourth-order valence-electron chi connectivity index (χ4n) is 4.23. The number of hydrogen-bond acceptors (Lipinski definition) is 6. The van der Waals surface area contributed by atoms with Crippen LogP contribution in [0.15, 0.2) is 47.3 Å². The minimum Gasteiger partial charge on any atom is -0.493 e. The van der Waals surface area contributed by atoms with Gasteiger partial charge in [-0.3, -0.25) is 9.69 Å². The number of methoxy groups -OCH3 is 2. The number of benzene rings is 2. The van der Waals surface area contributed by atoms with Crippen LogP contribution in [0, 0.1) is 0 Å². The molecule has 0 bridgehead atoms. The highest BCUT2D eigenvalue weighted by Gasteiger charge is 2.17. The topological polar surface area (TPSA) is 79.1 Å². The van der Waals surface area contributed by atoms with E-state index < -0.39 is 0 Å². The van der Waals surface area contributed by atoms with Gasteiger partial charge in [-0.25, -0.2) is 0 Å². The summed E-state index contributed by atoms with van der Waals surface area (Å²) >= 11 is 11.9. The van der Waals surface area contributed by atoms with Crippen molar-refractivity contribution in [3.8, 4) is 11.5 Å². The number of thiocarbonyl (C=S) groups is 1. The first-order valence-electron chi connectivity index (χ1n) is 11.9. The number of aromatic amines is 1. The van der Waals surface area contributed by atoms with Crippen LogP contribution in [-0.4, -0.2) is 73.5 Å². The molecule has 1 aromatic heterocycles. The van der Waals surface area contributed by atoms with Gasteiger partial charge in [-0.15, -0.1) is 0 Å². The maximum absolute atomic E-state index is 13.0. The highest BCUT2D eigenvalue weighted by Crippen LogP contribution is 2.31. The zero-order chi connectivity index (χ0) is 25.5. The van der Waals surface area contributed by atoms with Crippen molar-refractivity contribution < 1.29 is 14.2 Å². The summed E-state index contributed by atoms with van der Waals surface area (Å²) in [6.07, 6.45) is 0.897. The zero-order valence-electron chi connectivity index (χ0n) is 20.5. The number of fused-ring (bicyclic) bond motifs is 1. The van der Waals surface area contributed by atoms with Gasteiger partial charge >= 0.3 is 0 Å². The number of halogens is 1. The molecule has 10 heteroatoms. The van der Waals surface area contributed by atoms with Gasteiger partial charge < -0.3 is 29.4 Å². The smallest absolute Gasteiger partial charge is 0.253 e. The molecule has 0 amide bonds. The summed E-state index contributed by atoms with van der Waals surface area (Å²) in [7, 11) is 3.16. The van der Waals surface area contributed by atoms with Crippen molar-refractivity contribution in [2.45, 2.75) is 13.0 Å². The third-order valence-electron chi connectivity index (χ3n) is 6.16. The zero-order valence-corrected chi connectivity index (χ0v) is 22.1. The fraction of sp³-hybridized carbons (Fsp3) is 0.385. The number of hydrogen-bond donors (Lipinski definition) is 2. The summed E-state index contributed by atoms with van der Waals surface area (Å²) in [5.74, 6) is 1.16. The third-order valence-corrected chi connectivity index (χ3v) is 6.75. The van der Waals surface area contributed by atoms with Crippen molar-refractivity contribution in [1.82, 2.24) is 14.8 Å². The number of nitrogens with one attached hydrogen (secondary N) is 2. The molecular formula is C26H31ClN4O4S. The molecule has 0 radical (unpaired) electrons. The van der Waals surface area contributed by atoms with E-state index in [4.69, 9.17) is 38.0 Å². The van der Waals surface area contributed by atoms with Crippen LogP contribution in [0.2, 0.25) is 5.02 Å². The summed E-state index contributed by atoms with van der Waals surface area (Å²) in [5, 5.41) is 5.28. The molecule has 1 fully saturated rings. The predicted octanol–water partition coefficient (Wildman–Crippen LogP) is 4.12. The van der Waals surface area contributed by atoms with E-state index >= 15 is 0 Å². The van der Waals surface area contributed by atoms with Gasteiger partial charge in [0.15, 0.2) is 16.6 Å². The van der Waals surface area contributed by atoms with Crippen LogP contribution < -0.4 is 20.3 Å². The first-order valence-corrected chi connectivity index (χ1v) is 12.6. The number of rotatable bonds is 9. The molecule has 192 valence electrons. The lowest BCUT2D eigenvalue weighted by molar-refractivity contribution is 0.0367. The molecule has 0 atom stereocenters. The van der Waals surface area contributed by atoms with Crippen LogP contribution in [0.1, 0.15) is 12.0 Å². The van der Waals surface area contributed by atoms with E-state index in [0.717, 1.165) is 50.3 Å². The first kappa shape index (κ1) is 26.2. The van der Waals surface area contributed by atoms with Crippen LogP contribution in [0.5, 0.6) is 11.5 Å². The quantitative estimate of drug-likeness (QED) is 0.400.